The third-order valence-corrected chi connectivity index (χ3v) is 4.43. The predicted molar refractivity (Wildman–Crippen MR) is 105 cm³/mol. The first-order chi connectivity index (χ1) is 13.0. The number of nitrogens with one attached hydrogen (secondary N) is 1. The van der Waals surface area contributed by atoms with Crippen LogP contribution in [0.4, 0.5) is 5.69 Å². The van der Waals surface area contributed by atoms with Crippen molar-refractivity contribution in [2.24, 2.45) is 0 Å². The Kier molecular flexibility index (Phi) is 5.84. The molecule has 1 unspecified atom stereocenters. The number of carbonyl (C=O) groups is 1. The smallest absolute Gasteiger partial charge is 0.273 e. The molecule has 3 rings (SSSR count). The molecule has 3 aromatic carbocycles. The maximum atomic E-state index is 12.7. The molecule has 5 nitrogen and oxygen atoms in total. The maximum absolute atomic E-state index is 12.7. The number of nitro groups is 1. The van der Waals surface area contributed by atoms with Crippen LogP contribution in [0.5, 0.6) is 0 Å². The van der Waals surface area contributed by atoms with Crippen LogP contribution in [-0.4, -0.2) is 10.8 Å². The molecule has 0 radical (unpaired) electrons. The predicted octanol–water partition coefficient (Wildman–Crippen LogP) is 4.70. The van der Waals surface area contributed by atoms with Crippen LogP contribution in [0.3, 0.4) is 0 Å². The molecule has 27 heavy (non-hydrogen) atoms. The first-order valence-corrected chi connectivity index (χ1v) is 8.74. The Labute approximate surface area is 161 Å². The minimum absolute atomic E-state index is 0.0598. The van der Waals surface area contributed by atoms with E-state index in [1.807, 2.05) is 42.5 Å². The van der Waals surface area contributed by atoms with Gasteiger partial charge in [-0.05, 0) is 23.3 Å². The first kappa shape index (κ1) is 18.6. The molecule has 0 aliphatic carbocycles. The van der Waals surface area contributed by atoms with Gasteiger partial charge in [0.05, 0.1) is 17.4 Å². The number of rotatable bonds is 6. The molecule has 0 spiro atoms. The molecule has 0 aromatic heterocycles. The summed E-state index contributed by atoms with van der Waals surface area (Å²) in [6.45, 7) is 0. The van der Waals surface area contributed by atoms with Crippen molar-refractivity contribution in [2.75, 3.05) is 0 Å². The summed E-state index contributed by atoms with van der Waals surface area (Å²) in [6.07, 6.45) is -0.0753. The van der Waals surface area contributed by atoms with Crippen molar-refractivity contribution >= 4 is 23.2 Å². The van der Waals surface area contributed by atoms with Gasteiger partial charge in [-0.1, -0.05) is 72.3 Å². The van der Waals surface area contributed by atoms with Crippen molar-refractivity contribution in [1.29, 1.82) is 0 Å². The average molecular weight is 381 g/mol. The molecule has 0 fully saturated rings. The van der Waals surface area contributed by atoms with Crippen LogP contribution in [0.1, 0.15) is 22.7 Å². The number of nitrogens with zero attached hydrogens (tertiary/aromatic N) is 1. The maximum Gasteiger partial charge on any atom is 0.273 e. The number of hydrogen-bond acceptors (Lipinski definition) is 3. The van der Waals surface area contributed by atoms with Gasteiger partial charge >= 0.3 is 0 Å². The van der Waals surface area contributed by atoms with E-state index in [0.29, 0.717) is 10.6 Å². The monoisotopic (exact) mass is 380 g/mol. The lowest BCUT2D eigenvalue weighted by molar-refractivity contribution is -0.385. The number of carbonyl (C=O) groups excluding carboxylic acids is 1. The van der Waals surface area contributed by atoms with E-state index in [1.165, 1.54) is 6.07 Å². The van der Waals surface area contributed by atoms with Gasteiger partial charge in [0.25, 0.3) is 5.69 Å². The van der Waals surface area contributed by atoms with Crippen molar-refractivity contribution in [3.8, 4) is 0 Å². The molecule has 1 amide bonds. The van der Waals surface area contributed by atoms with Gasteiger partial charge in [-0.15, -0.1) is 0 Å². The van der Waals surface area contributed by atoms with Crippen LogP contribution < -0.4 is 5.32 Å². The molecular formula is C21H17ClN2O3. The number of benzene rings is 3. The molecule has 1 atom stereocenters. The van der Waals surface area contributed by atoms with Gasteiger partial charge in [0.15, 0.2) is 0 Å². The highest BCUT2D eigenvalue weighted by atomic mass is 35.5. The Bertz CT molecular complexity index is 943. The quantitative estimate of drug-likeness (QED) is 0.497. The van der Waals surface area contributed by atoms with E-state index in [0.717, 1.165) is 11.1 Å². The number of nitro benzene ring substituents is 1. The summed E-state index contributed by atoms with van der Waals surface area (Å²) >= 11 is 5.97. The lowest BCUT2D eigenvalue weighted by Gasteiger charge is -2.20. The molecular weight excluding hydrogens is 364 g/mol. The first-order valence-electron chi connectivity index (χ1n) is 8.36. The molecule has 0 heterocycles. The summed E-state index contributed by atoms with van der Waals surface area (Å²) < 4.78 is 0. The van der Waals surface area contributed by atoms with Gasteiger partial charge in [-0.25, -0.2) is 0 Å². The second-order valence-corrected chi connectivity index (χ2v) is 6.46. The van der Waals surface area contributed by atoms with Crippen molar-refractivity contribution in [2.45, 2.75) is 12.5 Å². The van der Waals surface area contributed by atoms with Gasteiger partial charge in [-0.2, -0.15) is 0 Å². The molecule has 0 aliphatic heterocycles. The Morgan fingerprint density at radius 2 is 1.52 bits per heavy atom. The minimum atomic E-state index is -0.476. The van der Waals surface area contributed by atoms with Gasteiger partial charge in [0.1, 0.15) is 0 Å². The normalized spacial score (nSPS) is 11.6. The molecule has 0 saturated heterocycles. The topological polar surface area (TPSA) is 72.2 Å². The molecule has 0 bridgehead atoms. The van der Waals surface area contributed by atoms with Crippen LogP contribution in [0.25, 0.3) is 0 Å². The van der Waals surface area contributed by atoms with Crippen molar-refractivity contribution in [3.05, 3.63) is 111 Å². The van der Waals surface area contributed by atoms with E-state index >= 15 is 0 Å². The Balaban J connectivity index is 1.85. The second-order valence-electron chi connectivity index (χ2n) is 6.03. The third kappa shape index (κ3) is 4.71. The van der Waals surface area contributed by atoms with E-state index in [-0.39, 0.29) is 24.1 Å². The van der Waals surface area contributed by atoms with Gasteiger partial charge in [0, 0.05) is 16.7 Å². The zero-order valence-corrected chi connectivity index (χ0v) is 15.1. The highest BCUT2D eigenvalue weighted by molar-refractivity contribution is 6.30. The molecule has 6 heteroatoms. The molecule has 0 saturated carbocycles. The van der Waals surface area contributed by atoms with E-state index < -0.39 is 4.92 Å². The van der Waals surface area contributed by atoms with Gasteiger partial charge in [-0.3, -0.25) is 14.9 Å². The van der Waals surface area contributed by atoms with Gasteiger partial charge < -0.3 is 5.32 Å². The summed E-state index contributed by atoms with van der Waals surface area (Å²) in [5.74, 6) is -0.298. The number of hydrogen-bond donors (Lipinski definition) is 1. The van der Waals surface area contributed by atoms with Crippen LogP contribution in [0.15, 0.2) is 78.9 Å². The fourth-order valence-electron chi connectivity index (χ4n) is 2.88. The summed E-state index contributed by atoms with van der Waals surface area (Å²) in [5, 5.41) is 14.7. The van der Waals surface area contributed by atoms with Crippen LogP contribution >= 0.6 is 11.6 Å². The zero-order chi connectivity index (χ0) is 19.2. The van der Waals surface area contributed by atoms with Crippen LogP contribution in [0.2, 0.25) is 5.02 Å². The molecule has 136 valence electrons. The summed E-state index contributed by atoms with van der Waals surface area (Å²) in [4.78, 5) is 23.3. The molecule has 0 aliphatic rings. The van der Waals surface area contributed by atoms with E-state index in [2.05, 4.69) is 5.32 Å². The van der Waals surface area contributed by atoms with E-state index in [9.17, 15) is 14.9 Å². The number of para-hydroxylation sites is 1. The standard InChI is InChI=1S/C21H17ClN2O3/c22-18-12-10-16(11-13-18)21(15-6-2-1-3-7-15)23-20(25)14-17-8-4-5-9-19(17)24(26)27/h1-13,21H,14H2,(H,23,25). The fourth-order valence-corrected chi connectivity index (χ4v) is 3.01. The summed E-state index contributed by atoms with van der Waals surface area (Å²) in [6, 6.07) is 22.7. The minimum Gasteiger partial charge on any atom is -0.345 e. The number of halogens is 1. The SMILES string of the molecule is O=C(Cc1ccccc1[N+](=O)[O-])NC(c1ccccc1)c1ccc(Cl)cc1. The van der Waals surface area contributed by atoms with Crippen LogP contribution in [0, 0.1) is 10.1 Å². The average Bonchev–Trinajstić information content (AvgIpc) is 2.68. The molecule has 3 aromatic rings. The van der Waals surface area contributed by atoms with E-state index in [4.69, 9.17) is 11.6 Å². The summed E-state index contributed by atoms with van der Waals surface area (Å²) in [5.41, 5.74) is 2.11. The third-order valence-electron chi connectivity index (χ3n) is 4.18. The lowest BCUT2D eigenvalue weighted by Crippen LogP contribution is -2.30. The number of amides is 1. The Morgan fingerprint density at radius 1 is 0.926 bits per heavy atom. The zero-order valence-electron chi connectivity index (χ0n) is 14.3. The van der Waals surface area contributed by atoms with Crippen LogP contribution in [-0.2, 0) is 11.2 Å². The van der Waals surface area contributed by atoms with Crippen molar-refractivity contribution in [1.82, 2.24) is 5.32 Å². The van der Waals surface area contributed by atoms with Gasteiger partial charge in [0.2, 0.25) is 5.91 Å². The highest BCUT2D eigenvalue weighted by Crippen LogP contribution is 2.24. The lowest BCUT2D eigenvalue weighted by atomic mass is 9.98. The van der Waals surface area contributed by atoms with Crippen molar-refractivity contribution < 1.29 is 9.72 Å². The Morgan fingerprint density at radius 3 is 2.19 bits per heavy atom. The summed E-state index contributed by atoms with van der Waals surface area (Å²) in [7, 11) is 0. The largest absolute Gasteiger partial charge is 0.345 e. The Hall–Kier alpha value is -3.18. The second kappa shape index (κ2) is 8.47. The van der Waals surface area contributed by atoms with E-state index in [1.54, 1.807) is 30.3 Å². The van der Waals surface area contributed by atoms with Crippen molar-refractivity contribution in [3.63, 3.8) is 0 Å². The molecule has 1 N–H and O–H groups in total. The fraction of sp³-hybridized carbons (Fsp3) is 0.0952. The highest BCUT2D eigenvalue weighted by Gasteiger charge is 2.20.